The van der Waals surface area contributed by atoms with Crippen molar-refractivity contribution < 1.29 is 19.1 Å². The van der Waals surface area contributed by atoms with Gasteiger partial charge in [0, 0.05) is 69.0 Å². The van der Waals surface area contributed by atoms with Crippen LogP contribution in [0.1, 0.15) is 105 Å². The number of barbiturate groups is 1. The first-order chi connectivity index (χ1) is 29.6. The Morgan fingerprint density at radius 3 is 1.56 bits per heavy atom. The van der Waals surface area contributed by atoms with E-state index in [1.165, 1.54) is 53.2 Å². The molecule has 2 fully saturated rings. The molecule has 4 amide bonds. The third kappa shape index (κ3) is 7.33. The second-order valence-electron chi connectivity index (χ2n) is 17.2. The highest BCUT2D eigenvalue weighted by atomic mass is 16.5. The van der Waals surface area contributed by atoms with Gasteiger partial charge in [0.15, 0.2) is 0 Å². The van der Waals surface area contributed by atoms with Crippen LogP contribution in [0, 0.1) is 0 Å². The van der Waals surface area contributed by atoms with Gasteiger partial charge >= 0.3 is 6.03 Å². The second-order valence-corrected chi connectivity index (χ2v) is 17.2. The van der Waals surface area contributed by atoms with Crippen LogP contribution in [0.5, 0.6) is 0 Å². The molecule has 1 aliphatic heterocycles. The summed E-state index contributed by atoms with van der Waals surface area (Å²) in [4.78, 5) is 46.3. The van der Waals surface area contributed by atoms with Gasteiger partial charge in [-0.3, -0.25) is 19.4 Å². The van der Waals surface area contributed by atoms with E-state index in [1.807, 2.05) is 6.92 Å². The van der Waals surface area contributed by atoms with Crippen molar-refractivity contribution in [3.05, 3.63) is 118 Å². The number of nitrogens with zero attached hydrogens (tertiary/aromatic N) is 4. The molecule has 0 N–H and O–H groups in total. The van der Waals surface area contributed by atoms with E-state index >= 15 is 0 Å². The fourth-order valence-corrected chi connectivity index (χ4v) is 10.2. The van der Waals surface area contributed by atoms with Crippen LogP contribution in [0.25, 0.3) is 55.5 Å². The lowest BCUT2D eigenvalue weighted by Gasteiger charge is -2.37. The molecule has 3 atom stereocenters. The van der Waals surface area contributed by atoms with Crippen LogP contribution in [-0.2, 0) is 14.3 Å². The fraction of sp³-hybridized carbons (Fsp3) is 0.377. The first-order valence-electron chi connectivity index (χ1n) is 22.5. The van der Waals surface area contributed by atoms with Crippen molar-refractivity contribution >= 4 is 73.3 Å². The number of benzene rings is 4. The molecule has 4 aromatic carbocycles. The predicted molar refractivity (Wildman–Crippen MR) is 250 cm³/mol. The number of aromatic nitrogens is 2. The topological polar surface area (TPSA) is 76.8 Å². The zero-order valence-electron chi connectivity index (χ0n) is 37.0. The number of allylic oxidation sites excluding steroid dienone is 5. The molecule has 1 saturated heterocycles. The zero-order valence-corrected chi connectivity index (χ0v) is 37.0. The van der Waals surface area contributed by atoms with Crippen LogP contribution in [0.4, 0.5) is 4.79 Å². The zero-order chi connectivity index (χ0) is 42.9. The number of amides is 4. The van der Waals surface area contributed by atoms with Gasteiger partial charge in [0.25, 0.3) is 11.8 Å². The Labute approximate surface area is 359 Å². The van der Waals surface area contributed by atoms with Crippen LogP contribution in [0.3, 0.4) is 0 Å². The van der Waals surface area contributed by atoms with Gasteiger partial charge in [0.1, 0.15) is 5.57 Å². The number of unbranched alkanes of at least 4 members (excludes halogenated alkanes) is 1. The first-order valence-corrected chi connectivity index (χ1v) is 22.5. The van der Waals surface area contributed by atoms with Gasteiger partial charge in [-0.05, 0) is 105 Å². The van der Waals surface area contributed by atoms with Gasteiger partial charge in [0.2, 0.25) is 0 Å². The molecule has 3 heterocycles. The van der Waals surface area contributed by atoms with Crippen LogP contribution in [0.15, 0.2) is 107 Å². The average molecular weight is 817 g/mol. The minimum absolute atomic E-state index is 0.0616. The van der Waals surface area contributed by atoms with Crippen molar-refractivity contribution in [1.29, 1.82) is 0 Å². The Kier molecular flexibility index (Phi) is 12.2. The molecule has 8 nitrogen and oxygen atoms in total. The van der Waals surface area contributed by atoms with Crippen LogP contribution < -0.4 is 10.7 Å². The Morgan fingerprint density at radius 2 is 1.10 bits per heavy atom. The smallest absolute Gasteiger partial charge is 0.334 e. The van der Waals surface area contributed by atoms with E-state index < -0.39 is 23.9 Å². The van der Waals surface area contributed by atoms with E-state index in [9.17, 15) is 14.4 Å². The number of carbonyl (C=O) groups excluding carboxylic acids is 3. The molecule has 8 heteroatoms. The fourth-order valence-electron chi connectivity index (χ4n) is 10.2. The summed E-state index contributed by atoms with van der Waals surface area (Å²) in [6.45, 7) is 13.3. The molecule has 1 aliphatic carbocycles. The Hall–Kier alpha value is -5.73. The van der Waals surface area contributed by atoms with Gasteiger partial charge < -0.3 is 13.9 Å². The normalized spacial score (nSPS) is 18.9. The summed E-state index contributed by atoms with van der Waals surface area (Å²) in [5.41, 5.74) is 4.93. The maximum atomic E-state index is 14.9. The lowest BCUT2D eigenvalue weighted by atomic mass is 9.94. The van der Waals surface area contributed by atoms with E-state index in [-0.39, 0.29) is 30.8 Å². The van der Waals surface area contributed by atoms with Gasteiger partial charge in [0.05, 0.1) is 12.6 Å². The molecule has 0 bridgehead atoms. The SMILES string of the molecule is CCCCN1C(=O)C(=C2C(=CC=c3c4cccc5cccc(c54)n3C(C)CCC)CCC2=CC=c2c3cccc4cccc(c43)n2C(C)CCC)C(=O)N(C(C)COC)C1=O. The standard InChI is InChI=1S/C53H60N4O4/c1-8-11-32-54-51(58)50(52(59)57(53(54)60)36(6)33-61-7)47-39(28-30-43-41-22-12-18-37-20-14-24-45(48(37)41)55(43)34(4)16-9-2)26-27-40(47)29-31-44-42-23-13-19-38-21-15-25-46(49(38)42)56(44)35(5)17-10-3/h12-15,18-25,28-31,34-36H,8-11,16-17,26-27,32-33H2,1-7H3. The van der Waals surface area contributed by atoms with E-state index in [0.717, 1.165) is 53.9 Å². The van der Waals surface area contributed by atoms with Crippen LogP contribution in [0.2, 0.25) is 0 Å². The van der Waals surface area contributed by atoms with Gasteiger partial charge in [-0.25, -0.2) is 4.79 Å². The van der Waals surface area contributed by atoms with Crippen LogP contribution in [-0.4, -0.2) is 63.1 Å². The minimum Gasteiger partial charge on any atom is -0.383 e. The summed E-state index contributed by atoms with van der Waals surface area (Å²) in [6, 6.07) is 25.4. The lowest BCUT2D eigenvalue weighted by molar-refractivity contribution is -0.137. The largest absolute Gasteiger partial charge is 0.383 e. The van der Waals surface area contributed by atoms with Crippen molar-refractivity contribution in [2.75, 3.05) is 20.3 Å². The van der Waals surface area contributed by atoms with Crippen molar-refractivity contribution in [2.24, 2.45) is 0 Å². The highest BCUT2D eigenvalue weighted by molar-refractivity contribution is 6.30. The molecule has 0 radical (unpaired) electrons. The van der Waals surface area contributed by atoms with Gasteiger partial charge in [-0.2, -0.15) is 0 Å². The lowest BCUT2D eigenvalue weighted by Crippen LogP contribution is -2.60. The highest BCUT2D eigenvalue weighted by Crippen LogP contribution is 2.41. The monoisotopic (exact) mass is 816 g/mol. The molecule has 2 aromatic heterocycles. The number of ether oxygens (including phenoxy) is 1. The minimum atomic E-state index is -0.578. The van der Waals surface area contributed by atoms with Crippen molar-refractivity contribution in [1.82, 2.24) is 18.9 Å². The Morgan fingerprint density at radius 1 is 0.607 bits per heavy atom. The van der Waals surface area contributed by atoms with Crippen molar-refractivity contribution in [3.8, 4) is 0 Å². The summed E-state index contributed by atoms with van der Waals surface area (Å²) in [5.74, 6) is -1.08. The molecule has 0 spiro atoms. The highest BCUT2D eigenvalue weighted by Gasteiger charge is 2.46. The van der Waals surface area contributed by atoms with Gasteiger partial charge in [-0.1, -0.05) is 113 Å². The van der Waals surface area contributed by atoms with Crippen molar-refractivity contribution in [2.45, 2.75) is 111 Å². The Bertz CT molecular complexity index is 2700. The molecule has 61 heavy (non-hydrogen) atoms. The number of carbonyl (C=O) groups is 3. The molecule has 6 aromatic rings. The van der Waals surface area contributed by atoms with E-state index in [2.05, 4.69) is 134 Å². The van der Waals surface area contributed by atoms with Crippen LogP contribution >= 0.6 is 0 Å². The molecule has 2 aliphatic rings. The molecule has 8 rings (SSSR count). The number of hydrogen-bond acceptors (Lipinski definition) is 4. The maximum Gasteiger partial charge on any atom is 0.334 e. The van der Waals surface area contributed by atoms with E-state index in [4.69, 9.17) is 4.74 Å². The summed E-state index contributed by atoms with van der Waals surface area (Å²) >= 11 is 0. The maximum absolute atomic E-state index is 14.9. The number of hydrogen-bond donors (Lipinski definition) is 0. The molecule has 1 saturated carbocycles. The number of imide groups is 2. The number of methoxy groups -OCH3 is 1. The van der Waals surface area contributed by atoms with Crippen molar-refractivity contribution in [3.63, 3.8) is 0 Å². The molecule has 3 unspecified atom stereocenters. The quantitative estimate of drug-likeness (QED) is 0.0810. The van der Waals surface area contributed by atoms with Gasteiger partial charge in [-0.15, -0.1) is 0 Å². The summed E-state index contributed by atoms with van der Waals surface area (Å²) in [5, 5.41) is 9.47. The molecule has 316 valence electrons. The third-order valence-corrected chi connectivity index (χ3v) is 13.0. The first kappa shape index (κ1) is 42.0. The number of urea groups is 1. The molecular formula is C53H60N4O4. The number of rotatable bonds is 14. The predicted octanol–water partition coefficient (Wildman–Crippen LogP) is 10.9. The average Bonchev–Trinajstić information content (AvgIpc) is 3.91. The Balaban J connectivity index is 1.41. The summed E-state index contributed by atoms with van der Waals surface area (Å²) in [7, 11) is 1.56. The summed E-state index contributed by atoms with van der Waals surface area (Å²) < 4.78 is 10.4. The van der Waals surface area contributed by atoms with E-state index in [1.54, 1.807) is 14.0 Å². The summed E-state index contributed by atoms with van der Waals surface area (Å²) in [6.07, 6.45) is 15.6. The third-order valence-electron chi connectivity index (χ3n) is 13.0. The molecular weight excluding hydrogens is 757 g/mol. The second kappa shape index (κ2) is 17.7. The van der Waals surface area contributed by atoms with E-state index in [0.29, 0.717) is 24.8 Å².